The Bertz CT molecular complexity index is 948. The van der Waals surface area contributed by atoms with E-state index >= 15 is 0 Å². The summed E-state index contributed by atoms with van der Waals surface area (Å²) in [5.41, 5.74) is 1.67. The Hall–Kier alpha value is -2.18. The number of rotatable bonds is 3. The van der Waals surface area contributed by atoms with Gasteiger partial charge in [-0.2, -0.15) is 0 Å². The molecular weight excluding hydrogens is 412 g/mol. The SMILES string of the molecule is O=C1N([C@H]2CC[C@@H](O)CC2)CCC12CCCN(c1ncc(-c3ccncc3)cc1Cl)C2. The first-order valence-corrected chi connectivity index (χ1v) is 11.7. The Balaban J connectivity index is 1.33. The van der Waals surface area contributed by atoms with Gasteiger partial charge in [0.1, 0.15) is 5.82 Å². The molecule has 31 heavy (non-hydrogen) atoms. The number of carbonyl (C=O) groups excluding carboxylic acids is 1. The number of aromatic nitrogens is 2. The third kappa shape index (κ3) is 3.92. The summed E-state index contributed by atoms with van der Waals surface area (Å²) in [5, 5.41) is 10.4. The Kier molecular flexibility index (Phi) is 5.61. The summed E-state index contributed by atoms with van der Waals surface area (Å²) in [6.07, 6.45) is 11.4. The third-order valence-corrected chi connectivity index (χ3v) is 7.64. The van der Waals surface area contributed by atoms with Crippen LogP contribution in [0.1, 0.15) is 44.9 Å². The first-order valence-electron chi connectivity index (χ1n) is 11.4. The van der Waals surface area contributed by atoms with E-state index in [1.807, 2.05) is 24.4 Å². The number of hydrogen-bond donors (Lipinski definition) is 1. The molecule has 7 heteroatoms. The van der Waals surface area contributed by atoms with Crippen LogP contribution in [0, 0.1) is 5.41 Å². The average molecular weight is 441 g/mol. The predicted octanol–water partition coefficient (Wildman–Crippen LogP) is 3.92. The first-order chi connectivity index (χ1) is 15.1. The van der Waals surface area contributed by atoms with E-state index in [4.69, 9.17) is 16.6 Å². The molecular formula is C24H29ClN4O2. The number of aliphatic hydroxyl groups is 1. The molecule has 0 radical (unpaired) electrons. The van der Waals surface area contributed by atoms with E-state index in [1.54, 1.807) is 12.4 Å². The fourth-order valence-corrected chi connectivity index (χ4v) is 5.91. The topological polar surface area (TPSA) is 69.6 Å². The number of likely N-dealkylation sites (tertiary alicyclic amines) is 1. The van der Waals surface area contributed by atoms with Crippen LogP contribution in [0.5, 0.6) is 0 Å². The summed E-state index contributed by atoms with van der Waals surface area (Å²) < 4.78 is 0. The highest BCUT2D eigenvalue weighted by molar-refractivity contribution is 6.33. The van der Waals surface area contributed by atoms with Crippen molar-refractivity contribution in [2.75, 3.05) is 24.5 Å². The van der Waals surface area contributed by atoms with Gasteiger partial charge in [0, 0.05) is 49.8 Å². The quantitative estimate of drug-likeness (QED) is 0.783. The van der Waals surface area contributed by atoms with Crippen LogP contribution in [-0.2, 0) is 4.79 Å². The predicted molar refractivity (Wildman–Crippen MR) is 121 cm³/mol. The van der Waals surface area contributed by atoms with Crippen molar-refractivity contribution in [3.05, 3.63) is 41.8 Å². The van der Waals surface area contributed by atoms with Gasteiger partial charge in [-0.1, -0.05) is 11.6 Å². The number of piperidine rings is 1. The van der Waals surface area contributed by atoms with Gasteiger partial charge in [-0.05, 0) is 68.7 Å². The van der Waals surface area contributed by atoms with Gasteiger partial charge in [0.25, 0.3) is 0 Å². The lowest BCUT2D eigenvalue weighted by Gasteiger charge is -2.41. The molecule has 1 spiro atoms. The average Bonchev–Trinajstić information content (AvgIpc) is 3.10. The highest BCUT2D eigenvalue weighted by Crippen LogP contribution is 2.44. The van der Waals surface area contributed by atoms with E-state index in [9.17, 15) is 9.90 Å². The van der Waals surface area contributed by atoms with Crippen molar-refractivity contribution in [3.8, 4) is 11.1 Å². The Labute approximate surface area is 188 Å². The molecule has 1 unspecified atom stereocenters. The summed E-state index contributed by atoms with van der Waals surface area (Å²) in [7, 11) is 0. The van der Waals surface area contributed by atoms with Gasteiger partial charge in [-0.15, -0.1) is 0 Å². The molecule has 2 aliphatic heterocycles. The molecule has 2 aromatic rings. The van der Waals surface area contributed by atoms with Gasteiger partial charge in [0.15, 0.2) is 0 Å². The zero-order valence-electron chi connectivity index (χ0n) is 17.7. The maximum atomic E-state index is 13.5. The van der Waals surface area contributed by atoms with Gasteiger partial charge in [0.2, 0.25) is 5.91 Å². The fourth-order valence-electron chi connectivity index (χ4n) is 5.62. The van der Waals surface area contributed by atoms with Gasteiger partial charge in [-0.25, -0.2) is 4.98 Å². The minimum absolute atomic E-state index is 0.198. The number of amides is 1. The number of aliphatic hydroxyl groups excluding tert-OH is 1. The van der Waals surface area contributed by atoms with Crippen LogP contribution in [-0.4, -0.2) is 57.7 Å². The van der Waals surface area contributed by atoms with Crippen LogP contribution < -0.4 is 4.90 Å². The Morgan fingerprint density at radius 1 is 1.06 bits per heavy atom. The molecule has 1 N–H and O–H groups in total. The van der Waals surface area contributed by atoms with Crippen LogP contribution in [0.3, 0.4) is 0 Å². The molecule has 0 bridgehead atoms. The molecule has 4 heterocycles. The van der Waals surface area contributed by atoms with Crippen molar-refractivity contribution in [1.29, 1.82) is 0 Å². The van der Waals surface area contributed by atoms with Crippen LogP contribution in [0.25, 0.3) is 11.1 Å². The van der Waals surface area contributed by atoms with Crippen LogP contribution in [0.15, 0.2) is 36.8 Å². The standard InChI is InChI=1S/C24H29ClN4O2/c25-21-14-18(17-6-10-26-11-7-17)15-27-22(21)28-12-1-8-24(16-28)9-13-29(23(24)31)19-2-4-20(30)5-3-19/h6-7,10-11,14-15,19-20,30H,1-5,8-9,12-13,16H2/t19-,20+,24?. The molecule has 1 amide bonds. The van der Waals surface area contributed by atoms with Gasteiger partial charge < -0.3 is 14.9 Å². The van der Waals surface area contributed by atoms with Crippen molar-refractivity contribution in [2.24, 2.45) is 5.41 Å². The minimum atomic E-state index is -0.330. The normalized spacial score (nSPS) is 29.0. The summed E-state index contributed by atoms with van der Waals surface area (Å²) in [6.45, 7) is 2.38. The number of nitrogens with zero attached hydrogens (tertiary/aromatic N) is 4. The summed E-state index contributed by atoms with van der Waals surface area (Å²) in [5.74, 6) is 1.06. The first kappa shape index (κ1) is 20.7. The molecule has 6 nitrogen and oxygen atoms in total. The molecule has 1 aliphatic carbocycles. The highest BCUT2D eigenvalue weighted by atomic mass is 35.5. The summed E-state index contributed by atoms with van der Waals surface area (Å²) in [6, 6.07) is 6.13. The molecule has 3 aliphatic rings. The second-order valence-electron chi connectivity index (χ2n) is 9.28. The molecule has 1 saturated carbocycles. The van der Waals surface area contributed by atoms with Crippen LogP contribution in [0.4, 0.5) is 5.82 Å². The van der Waals surface area contributed by atoms with Crippen molar-refractivity contribution >= 4 is 23.3 Å². The summed E-state index contributed by atoms with van der Waals surface area (Å²) >= 11 is 6.67. The molecule has 164 valence electrons. The minimum Gasteiger partial charge on any atom is -0.393 e. The van der Waals surface area contributed by atoms with E-state index in [0.29, 0.717) is 17.5 Å². The maximum absolute atomic E-state index is 13.5. The monoisotopic (exact) mass is 440 g/mol. The lowest BCUT2D eigenvalue weighted by atomic mass is 9.78. The number of carbonyl (C=O) groups is 1. The van der Waals surface area contributed by atoms with E-state index in [1.165, 1.54) is 0 Å². The molecule has 2 saturated heterocycles. The number of halogens is 1. The zero-order valence-corrected chi connectivity index (χ0v) is 18.5. The Morgan fingerprint density at radius 2 is 1.84 bits per heavy atom. The second-order valence-corrected chi connectivity index (χ2v) is 9.69. The van der Waals surface area contributed by atoms with Crippen molar-refractivity contribution in [1.82, 2.24) is 14.9 Å². The van der Waals surface area contributed by atoms with Gasteiger partial charge in [-0.3, -0.25) is 9.78 Å². The van der Waals surface area contributed by atoms with E-state index < -0.39 is 0 Å². The van der Waals surface area contributed by atoms with Gasteiger partial charge >= 0.3 is 0 Å². The molecule has 5 rings (SSSR count). The van der Waals surface area contributed by atoms with Gasteiger partial charge in [0.05, 0.1) is 16.5 Å². The number of hydrogen-bond acceptors (Lipinski definition) is 5. The van der Waals surface area contributed by atoms with Crippen molar-refractivity contribution < 1.29 is 9.90 Å². The summed E-state index contributed by atoms with van der Waals surface area (Å²) in [4.78, 5) is 26.6. The molecule has 3 fully saturated rings. The molecule has 2 aromatic heterocycles. The van der Waals surface area contributed by atoms with E-state index in [2.05, 4.69) is 14.8 Å². The largest absolute Gasteiger partial charge is 0.393 e. The van der Waals surface area contributed by atoms with Crippen molar-refractivity contribution in [3.63, 3.8) is 0 Å². The number of anilines is 1. The number of pyridine rings is 2. The zero-order chi connectivity index (χ0) is 21.4. The second kappa shape index (κ2) is 8.40. The third-order valence-electron chi connectivity index (χ3n) is 7.36. The smallest absolute Gasteiger partial charge is 0.230 e. The van der Waals surface area contributed by atoms with Crippen LogP contribution >= 0.6 is 11.6 Å². The Morgan fingerprint density at radius 3 is 2.58 bits per heavy atom. The molecule has 1 atom stereocenters. The van der Waals surface area contributed by atoms with E-state index in [0.717, 1.165) is 75.0 Å². The van der Waals surface area contributed by atoms with Crippen molar-refractivity contribution in [2.45, 2.75) is 57.1 Å². The maximum Gasteiger partial charge on any atom is 0.230 e. The highest BCUT2D eigenvalue weighted by Gasteiger charge is 2.51. The van der Waals surface area contributed by atoms with E-state index in [-0.39, 0.29) is 17.6 Å². The fraction of sp³-hybridized carbons (Fsp3) is 0.542. The lowest BCUT2D eigenvalue weighted by Crippen LogP contribution is -2.50. The lowest BCUT2D eigenvalue weighted by molar-refractivity contribution is -0.139. The molecule has 0 aromatic carbocycles. The van der Waals surface area contributed by atoms with Crippen LogP contribution in [0.2, 0.25) is 5.02 Å².